The van der Waals surface area contributed by atoms with Crippen LogP contribution < -0.4 is 0 Å². The lowest BCUT2D eigenvalue weighted by Crippen LogP contribution is -2.43. The maximum Gasteiger partial charge on any atom is 0.0774 e. The summed E-state index contributed by atoms with van der Waals surface area (Å²) >= 11 is 0. The molecule has 1 aliphatic heterocycles. The molecule has 2 aliphatic rings. The lowest BCUT2D eigenvalue weighted by Gasteiger charge is -2.30. The lowest BCUT2D eigenvalue weighted by molar-refractivity contribution is 0.0103. The Morgan fingerprint density at radius 2 is 1.71 bits per heavy atom. The molecule has 0 radical (unpaired) electrons. The summed E-state index contributed by atoms with van der Waals surface area (Å²) in [4.78, 5) is 5.03. The minimum atomic E-state index is -0.368. The van der Waals surface area contributed by atoms with E-state index in [1.54, 1.807) is 0 Å². The van der Waals surface area contributed by atoms with Gasteiger partial charge in [0.2, 0.25) is 0 Å². The third-order valence-electron chi connectivity index (χ3n) is 4.41. The van der Waals surface area contributed by atoms with Crippen molar-refractivity contribution in [3.8, 4) is 0 Å². The Kier molecular flexibility index (Phi) is 4.45. The number of aliphatic hydroxyl groups is 1. The van der Waals surface area contributed by atoms with Gasteiger partial charge in [0.15, 0.2) is 0 Å². The standard InChI is InChI=1S/C14H28N2O/c1-13(2)16-9-5-8-15(10-11-16)12-14(17)6-3-4-7-14/h13,17H,3-12H2,1-2H3. The topological polar surface area (TPSA) is 26.7 Å². The van der Waals surface area contributed by atoms with E-state index in [0.717, 1.165) is 39.0 Å². The Morgan fingerprint density at radius 3 is 2.35 bits per heavy atom. The molecule has 100 valence electrons. The Labute approximate surface area is 106 Å². The summed E-state index contributed by atoms with van der Waals surface area (Å²) in [6, 6.07) is 0.657. The van der Waals surface area contributed by atoms with Crippen LogP contribution in [0.1, 0.15) is 46.0 Å². The third-order valence-corrected chi connectivity index (χ3v) is 4.41. The quantitative estimate of drug-likeness (QED) is 0.813. The summed E-state index contributed by atoms with van der Waals surface area (Å²) in [5.41, 5.74) is -0.368. The average molecular weight is 240 g/mol. The second-order valence-electron chi connectivity index (χ2n) is 6.19. The molecule has 0 atom stereocenters. The van der Waals surface area contributed by atoms with Crippen molar-refractivity contribution >= 4 is 0 Å². The van der Waals surface area contributed by atoms with Crippen LogP contribution in [0.4, 0.5) is 0 Å². The van der Waals surface area contributed by atoms with Gasteiger partial charge in [-0.3, -0.25) is 9.80 Å². The number of β-amino-alcohol motifs (C(OH)–C–C–N with tert-alkyl or cyclic N) is 1. The molecule has 2 rings (SSSR count). The van der Waals surface area contributed by atoms with E-state index in [9.17, 15) is 5.11 Å². The highest BCUT2D eigenvalue weighted by Gasteiger charge is 2.33. The summed E-state index contributed by atoms with van der Waals surface area (Å²) in [5.74, 6) is 0. The number of hydrogen-bond donors (Lipinski definition) is 1. The molecule has 3 heteroatoms. The second-order valence-corrected chi connectivity index (χ2v) is 6.19. The van der Waals surface area contributed by atoms with Gasteiger partial charge < -0.3 is 5.11 Å². The van der Waals surface area contributed by atoms with Gasteiger partial charge in [-0.05, 0) is 46.2 Å². The lowest BCUT2D eigenvalue weighted by atomic mass is 10.0. The van der Waals surface area contributed by atoms with Crippen LogP contribution in [0, 0.1) is 0 Å². The minimum Gasteiger partial charge on any atom is -0.389 e. The van der Waals surface area contributed by atoms with Crippen molar-refractivity contribution in [3.05, 3.63) is 0 Å². The van der Waals surface area contributed by atoms with Gasteiger partial charge in [0, 0.05) is 25.7 Å². The second kappa shape index (κ2) is 5.68. The first-order valence-electron chi connectivity index (χ1n) is 7.28. The van der Waals surface area contributed by atoms with E-state index in [4.69, 9.17) is 0 Å². The zero-order valence-corrected chi connectivity index (χ0v) is 11.5. The summed E-state index contributed by atoms with van der Waals surface area (Å²) in [6.07, 6.45) is 5.69. The number of hydrogen-bond acceptors (Lipinski definition) is 3. The van der Waals surface area contributed by atoms with Crippen LogP contribution in [0.5, 0.6) is 0 Å². The van der Waals surface area contributed by atoms with Crippen molar-refractivity contribution in [1.29, 1.82) is 0 Å². The minimum absolute atomic E-state index is 0.368. The average Bonchev–Trinajstić information content (AvgIpc) is 2.56. The molecule has 0 bridgehead atoms. The highest BCUT2D eigenvalue weighted by Crippen LogP contribution is 2.30. The molecule has 1 saturated heterocycles. The van der Waals surface area contributed by atoms with E-state index in [1.807, 2.05) is 0 Å². The first-order valence-corrected chi connectivity index (χ1v) is 7.28. The summed E-state index contributed by atoms with van der Waals surface area (Å²) in [6.45, 7) is 10.1. The van der Waals surface area contributed by atoms with E-state index in [-0.39, 0.29) is 5.60 Å². The monoisotopic (exact) mass is 240 g/mol. The molecular formula is C14H28N2O. The van der Waals surface area contributed by atoms with Gasteiger partial charge in [-0.15, -0.1) is 0 Å². The highest BCUT2D eigenvalue weighted by atomic mass is 16.3. The van der Waals surface area contributed by atoms with Crippen molar-refractivity contribution < 1.29 is 5.11 Å². The van der Waals surface area contributed by atoms with Crippen molar-refractivity contribution in [2.45, 2.75) is 57.6 Å². The van der Waals surface area contributed by atoms with Crippen molar-refractivity contribution in [2.75, 3.05) is 32.7 Å². The zero-order chi connectivity index (χ0) is 12.3. The van der Waals surface area contributed by atoms with Crippen LogP contribution in [0.25, 0.3) is 0 Å². The van der Waals surface area contributed by atoms with Crippen LogP contribution in [-0.4, -0.2) is 59.3 Å². The molecule has 1 heterocycles. The largest absolute Gasteiger partial charge is 0.389 e. The van der Waals surface area contributed by atoms with E-state index in [1.165, 1.54) is 25.8 Å². The molecule has 17 heavy (non-hydrogen) atoms. The normalized spacial score (nSPS) is 27.5. The molecule has 0 aromatic heterocycles. The molecule has 3 nitrogen and oxygen atoms in total. The molecule has 0 amide bonds. The first kappa shape index (κ1) is 13.3. The Morgan fingerprint density at radius 1 is 1.00 bits per heavy atom. The van der Waals surface area contributed by atoms with E-state index < -0.39 is 0 Å². The molecule has 2 fully saturated rings. The maximum atomic E-state index is 10.5. The Bertz CT molecular complexity index is 236. The Hall–Kier alpha value is -0.120. The smallest absolute Gasteiger partial charge is 0.0774 e. The molecule has 1 aliphatic carbocycles. The molecule has 1 saturated carbocycles. The maximum absolute atomic E-state index is 10.5. The molecule has 0 unspecified atom stereocenters. The third kappa shape index (κ3) is 3.67. The molecule has 0 aromatic carbocycles. The first-order chi connectivity index (χ1) is 8.09. The molecule has 0 aromatic rings. The Balaban J connectivity index is 1.82. The van der Waals surface area contributed by atoms with Crippen molar-refractivity contribution in [1.82, 2.24) is 9.80 Å². The van der Waals surface area contributed by atoms with Gasteiger partial charge in [0.05, 0.1) is 5.60 Å². The molecular weight excluding hydrogens is 212 g/mol. The fourth-order valence-corrected chi connectivity index (χ4v) is 3.27. The van der Waals surface area contributed by atoms with Crippen LogP contribution in [0.2, 0.25) is 0 Å². The summed E-state index contributed by atoms with van der Waals surface area (Å²) < 4.78 is 0. The predicted molar refractivity (Wildman–Crippen MR) is 71.2 cm³/mol. The van der Waals surface area contributed by atoms with Crippen LogP contribution in [-0.2, 0) is 0 Å². The van der Waals surface area contributed by atoms with Crippen LogP contribution in [0.15, 0.2) is 0 Å². The van der Waals surface area contributed by atoms with E-state index in [2.05, 4.69) is 23.6 Å². The van der Waals surface area contributed by atoms with Crippen molar-refractivity contribution in [3.63, 3.8) is 0 Å². The molecule has 1 N–H and O–H groups in total. The van der Waals surface area contributed by atoms with Gasteiger partial charge in [-0.1, -0.05) is 12.8 Å². The molecule has 0 spiro atoms. The fourth-order valence-electron chi connectivity index (χ4n) is 3.27. The summed E-state index contributed by atoms with van der Waals surface area (Å²) in [7, 11) is 0. The van der Waals surface area contributed by atoms with Gasteiger partial charge in [0.25, 0.3) is 0 Å². The number of nitrogens with zero attached hydrogens (tertiary/aromatic N) is 2. The predicted octanol–water partition coefficient (Wildman–Crippen LogP) is 1.71. The zero-order valence-electron chi connectivity index (χ0n) is 11.5. The van der Waals surface area contributed by atoms with Gasteiger partial charge in [0.1, 0.15) is 0 Å². The van der Waals surface area contributed by atoms with Gasteiger partial charge in [-0.2, -0.15) is 0 Å². The summed E-state index contributed by atoms with van der Waals surface area (Å²) in [5, 5.41) is 10.5. The van der Waals surface area contributed by atoms with Crippen molar-refractivity contribution in [2.24, 2.45) is 0 Å². The highest BCUT2D eigenvalue weighted by molar-refractivity contribution is 4.88. The van der Waals surface area contributed by atoms with E-state index in [0.29, 0.717) is 6.04 Å². The number of rotatable bonds is 3. The van der Waals surface area contributed by atoms with Crippen LogP contribution in [0.3, 0.4) is 0 Å². The van der Waals surface area contributed by atoms with Gasteiger partial charge in [-0.25, -0.2) is 0 Å². The van der Waals surface area contributed by atoms with E-state index >= 15 is 0 Å². The van der Waals surface area contributed by atoms with Crippen LogP contribution >= 0.6 is 0 Å². The fraction of sp³-hybridized carbons (Fsp3) is 1.00. The van der Waals surface area contributed by atoms with Gasteiger partial charge >= 0.3 is 0 Å². The SMILES string of the molecule is CC(C)N1CCCN(CC2(O)CCCC2)CC1.